The highest BCUT2D eigenvalue weighted by molar-refractivity contribution is 7.89. The van der Waals surface area contributed by atoms with Gasteiger partial charge in [0.1, 0.15) is 16.5 Å². The summed E-state index contributed by atoms with van der Waals surface area (Å²) < 4.78 is 52.2. The second-order valence-electron chi connectivity index (χ2n) is 3.93. The Morgan fingerprint density at radius 2 is 2.06 bits per heavy atom. The van der Waals surface area contributed by atoms with Crippen LogP contribution in [-0.2, 0) is 10.0 Å². The molecule has 7 heteroatoms. The first-order valence-corrected chi connectivity index (χ1v) is 7.42. The maximum Gasteiger partial charge on any atom is 0.243 e. The Morgan fingerprint density at radius 3 is 2.67 bits per heavy atom. The smallest absolute Gasteiger partial charge is 0.208 e. The Kier molecular flexibility index (Phi) is 5.49. The number of benzene rings is 1. The molecule has 18 heavy (non-hydrogen) atoms. The number of halogens is 3. The molecule has 1 atom stereocenters. The van der Waals surface area contributed by atoms with E-state index in [1.165, 1.54) is 0 Å². The van der Waals surface area contributed by atoms with Crippen LogP contribution >= 0.6 is 11.6 Å². The van der Waals surface area contributed by atoms with Gasteiger partial charge in [-0.2, -0.15) is 0 Å². The zero-order chi connectivity index (χ0) is 13.8. The number of rotatable bonds is 6. The maximum atomic E-state index is 13.4. The van der Waals surface area contributed by atoms with Crippen molar-refractivity contribution in [2.75, 3.05) is 5.88 Å². The first-order chi connectivity index (χ1) is 8.36. The molecule has 0 heterocycles. The molecule has 102 valence electrons. The molecule has 0 bridgehead atoms. The Labute approximate surface area is 110 Å². The molecule has 0 spiro atoms. The average Bonchev–Trinajstić information content (AvgIpc) is 2.29. The zero-order valence-electron chi connectivity index (χ0n) is 9.79. The van der Waals surface area contributed by atoms with E-state index < -0.39 is 32.6 Å². The van der Waals surface area contributed by atoms with Crippen LogP contribution in [0.1, 0.15) is 19.8 Å². The van der Waals surface area contributed by atoms with Gasteiger partial charge in [0, 0.05) is 11.9 Å². The van der Waals surface area contributed by atoms with E-state index in [1.54, 1.807) is 6.92 Å². The van der Waals surface area contributed by atoms with Gasteiger partial charge in [-0.3, -0.25) is 0 Å². The van der Waals surface area contributed by atoms with Crippen LogP contribution in [0.5, 0.6) is 0 Å². The third kappa shape index (κ3) is 4.19. The van der Waals surface area contributed by atoms with Crippen LogP contribution < -0.4 is 4.72 Å². The number of sulfonamides is 1. The number of nitrogens with one attached hydrogen (secondary N) is 1. The van der Waals surface area contributed by atoms with E-state index in [4.69, 9.17) is 11.6 Å². The van der Waals surface area contributed by atoms with Crippen LogP contribution in [-0.4, -0.2) is 20.3 Å². The van der Waals surface area contributed by atoms with Crippen molar-refractivity contribution in [2.24, 2.45) is 0 Å². The minimum absolute atomic E-state index is 0.392. The standard InChI is InChI=1S/C11H14ClF2NO2S/c1-8(3-2-6-12)15-18(16,17)11-7-9(13)4-5-10(11)14/h4-5,7-8,15H,2-3,6H2,1H3. The van der Waals surface area contributed by atoms with Gasteiger partial charge < -0.3 is 0 Å². The molecule has 0 amide bonds. The highest BCUT2D eigenvalue weighted by atomic mass is 35.5. The maximum absolute atomic E-state index is 13.4. The molecular weight excluding hydrogens is 284 g/mol. The zero-order valence-corrected chi connectivity index (χ0v) is 11.4. The molecule has 0 aliphatic rings. The van der Waals surface area contributed by atoms with Crippen molar-refractivity contribution >= 4 is 21.6 Å². The lowest BCUT2D eigenvalue weighted by molar-refractivity contribution is 0.526. The van der Waals surface area contributed by atoms with Gasteiger partial charge in [-0.25, -0.2) is 21.9 Å². The monoisotopic (exact) mass is 297 g/mol. The molecule has 3 nitrogen and oxygen atoms in total. The van der Waals surface area contributed by atoms with Crippen LogP contribution in [0.2, 0.25) is 0 Å². The first-order valence-electron chi connectivity index (χ1n) is 5.40. The van der Waals surface area contributed by atoms with Crippen LogP contribution in [0.15, 0.2) is 23.1 Å². The molecule has 1 aromatic rings. The van der Waals surface area contributed by atoms with Gasteiger partial charge in [0.05, 0.1) is 0 Å². The summed E-state index contributed by atoms with van der Waals surface area (Å²) in [5.74, 6) is -1.36. The van der Waals surface area contributed by atoms with E-state index in [2.05, 4.69) is 4.72 Å². The fourth-order valence-electron chi connectivity index (χ4n) is 1.45. The van der Waals surface area contributed by atoms with Crippen molar-refractivity contribution in [1.29, 1.82) is 0 Å². The molecule has 0 aliphatic carbocycles. The van der Waals surface area contributed by atoms with Gasteiger partial charge in [0.15, 0.2) is 0 Å². The lowest BCUT2D eigenvalue weighted by atomic mass is 10.2. The van der Waals surface area contributed by atoms with Crippen molar-refractivity contribution in [3.63, 3.8) is 0 Å². The Morgan fingerprint density at radius 1 is 1.39 bits per heavy atom. The molecule has 1 rings (SSSR count). The fraction of sp³-hybridized carbons (Fsp3) is 0.455. The molecule has 0 aliphatic heterocycles. The minimum Gasteiger partial charge on any atom is -0.208 e. The molecule has 1 N–H and O–H groups in total. The van der Waals surface area contributed by atoms with E-state index in [1.807, 2.05) is 0 Å². The van der Waals surface area contributed by atoms with Crippen LogP contribution in [0.3, 0.4) is 0 Å². The predicted molar refractivity (Wildman–Crippen MR) is 66.1 cm³/mol. The second kappa shape index (κ2) is 6.45. The Balaban J connectivity index is 2.89. The van der Waals surface area contributed by atoms with E-state index in [9.17, 15) is 17.2 Å². The SMILES string of the molecule is CC(CCCCl)NS(=O)(=O)c1cc(F)ccc1F. The molecule has 0 saturated carbocycles. The van der Waals surface area contributed by atoms with Crippen molar-refractivity contribution in [1.82, 2.24) is 4.72 Å². The summed E-state index contributed by atoms with van der Waals surface area (Å²) in [5, 5.41) is 0. The quantitative estimate of drug-likeness (QED) is 0.821. The molecular formula is C11H14ClF2NO2S. The third-order valence-corrected chi connectivity index (χ3v) is 4.18. The van der Waals surface area contributed by atoms with Crippen molar-refractivity contribution in [3.05, 3.63) is 29.8 Å². The summed E-state index contributed by atoms with van der Waals surface area (Å²) >= 11 is 5.49. The molecule has 0 radical (unpaired) electrons. The Bertz CT molecular complexity index is 508. The van der Waals surface area contributed by atoms with Crippen molar-refractivity contribution in [2.45, 2.75) is 30.7 Å². The van der Waals surface area contributed by atoms with Gasteiger partial charge in [-0.05, 0) is 38.0 Å². The first kappa shape index (κ1) is 15.3. The molecule has 1 aromatic carbocycles. The van der Waals surface area contributed by atoms with E-state index in [0.29, 0.717) is 24.8 Å². The summed E-state index contributed by atoms with van der Waals surface area (Å²) in [5.41, 5.74) is 0. The lowest BCUT2D eigenvalue weighted by Gasteiger charge is -2.14. The largest absolute Gasteiger partial charge is 0.243 e. The summed E-state index contributed by atoms with van der Waals surface area (Å²) in [6.45, 7) is 1.64. The molecule has 0 fully saturated rings. The van der Waals surface area contributed by atoms with Gasteiger partial charge >= 0.3 is 0 Å². The Hall–Kier alpha value is -0.720. The predicted octanol–water partition coefficient (Wildman–Crippen LogP) is 2.65. The minimum atomic E-state index is -4.05. The summed E-state index contributed by atoms with van der Waals surface area (Å²) in [6, 6.07) is 1.92. The van der Waals surface area contributed by atoms with Crippen LogP contribution in [0.25, 0.3) is 0 Å². The highest BCUT2D eigenvalue weighted by Gasteiger charge is 2.21. The highest BCUT2D eigenvalue weighted by Crippen LogP contribution is 2.16. The summed E-state index contributed by atoms with van der Waals surface area (Å²) in [6.07, 6.45) is 1.16. The van der Waals surface area contributed by atoms with Gasteiger partial charge in [0.25, 0.3) is 0 Å². The van der Waals surface area contributed by atoms with Crippen LogP contribution in [0, 0.1) is 11.6 Å². The molecule has 0 saturated heterocycles. The van der Waals surface area contributed by atoms with Gasteiger partial charge in [-0.15, -0.1) is 11.6 Å². The number of hydrogen-bond acceptors (Lipinski definition) is 2. The van der Waals surface area contributed by atoms with Gasteiger partial charge in [0.2, 0.25) is 10.0 Å². The van der Waals surface area contributed by atoms with E-state index >= 15 is 0 Å². The average molecular weight is 298 g/mol. The fourth-order valence-corrected chi connectivity index (χ4v) is 2.98. The normalized spacial score (nSPS) is 13.6. The summed E-state index contributed by atoms with van der Waals surface area (Å²) in [7, 11) is -4.05. The van der Waals surface area contributed by atoms with Crippen molar-refractivity contribution < 1.29 is 17.2 Å². The van der Waals surface area contributed by atoms with E-state index in [0.717, 1.165) is 12.1 Å². The summed E-state index contributed by atoms with van der Waals surface area (Å²) in [4.78, 5) is -0.680. The molecule has 1 unspecified atom stereocenters. The second-order valence-corrected chi connectivity index (χ2v) is 5.99. The third-order valence-electron chi connectivity index (χ3n) is 2.31. The number of alkyl halides is 1. The van der Waals surface area contributed by atoms with Crippen LogP contribution in [0.4, 0.5) is 8.78 Å². The van der Waals surface area contributed by atoms with E-state index in [-0.39, 0.29) is 0 Å². The van der Waals surface area contributed by atoms with Gasteiger partial charge in [-0.1, -0.05) is 0 Å². The molecule has 0 aromatic heterocycles. The topological polar surface area (TPSA) is 46.2 Å². The van der Waals surface area contributed by atoms with Crippen molar-refractivity contribution in [3.8, 4) is 0 Å². The number of hydrogen-bond donors (Lipinski definition) is 1. The lowest BCUT2D eigenvalue weighted by Crippen LogP contribution is -2.33.